The highest BCUT2D eigenvalue weighted by Gasteiger charge is 2.32. The fourth-order valence-electron chi connectivity index (χ4n) is 1.83. The Labute approximate surface area is 125 Å². The number of nitriles is 1. The Kier molecular flexibility index (Phi) is 5.91. The molecule has 0 fully saturated rings. The summed E-state index contributed by atoms with van der Waals surface area (Å²) >= 11 is 0. The molecule has 22 heavy (non-hydrogen) atoms. The number of benzene rings is 1. The van der Waals surface area contributed by atoms with Gasteiger partial charge in [-0.15, -0.1) is 0 Å². The summed E-state index contributed by atoms with van der Waals surface area (Å²) in [5.41, 5.74) is -1.55. The number of rotatable bonds is 5. The number of amides is 1. The van der Waals surface area contributed by atoms with Crippen LogP contribution in [0.2, 0.25) is 0 Å². The van der Waals surface area contributed by atoms with Gasteiger partial charge < -0.3 is 15.5 Å². The lowest BCUT2D eigenvalue weighted by Gasteiger charge is -2.19. The number of alkyl halides is 3. The van der Waals surface area contributed by atoms with Crippen LogP contribution in [0, 0.1) is 11.3 Å². The molecule has 120 valence electrons. The second-order valence-electron chi connectivity index (χ2n) is 4.74. The highest BCUT2D eigenvalue weighted by Crippen LogP contribution is 2.32. The lowest BCUT2D eigenvalue weighted by molar-refractivity contribution is -0.137. The van der Waals surface area contributed by atoms with Crippen molar-refractivity contribution in [3.8, 4) is 6.07 Å². The molecule has 2 atom stereocenters. The molecule has 0 aliphatic rings. The van der Waals surface area contributed by atoms with E-state index in [2.05, 4.69) is 5.32 Å². The van der Waals surface area contributed by atoms with Crippen LogP contribution in [0.3, 0.4) is 0 Å². The maximum absolute atomic E-state index is 12.7. The Morgan fingerprint density at radius 3 is 2.50 bits per heavy atom. The van der Waals surface area contributed by atoms with Crippen LogP contribution in [0.15, 0.2) is 18.2 Å². The lowest BCUT2D eigenvalue weighted by atomic mass is 9.97. The topological polar surface area (TPSA) is 93.3 Å². The van der Waals surface area contributed by atoms with E-state index in [9.17, 15) is 28.2 Å². The van der Waals surface area contributed by atoms with Gasteiger partial charge in [0, 0.05) is 13.5 Å². The molecule has 3 N–H and O–H groups in total. The van der Waals surface area contributed by atoms with Crippen molar-refractivity contribution in [3.63, 3.8) is 0 Å². The Morgan fingerprint density at radius 2 is 2.00 bits per heavy atom. The summed E-state index contributed by atoms with van der Waals surface area (Å²) in [7, 11) is 0. The molecular formula is C14H15F3N2O3. The highest BCUT2D eigenvalue weighted by molar-refractivity contribution is 5.72. The van der Waals surface area contributed by atoms with Crippen molar-refractivity contribution < 1.29 is 28.2 Å². The molecule has 1 rings (SSSR count). The van der Waals surface area contributed by atoms with E-state index in [0.29, 0.717) is 12.1 Å². The first kappa shape index (κ1) is 17.9. The zero-order valence-corrected chi connectivity index (χ0v) is 11.7. The van der Waals surface area contributed by atoms with Gasteiger partial charge in [0.25, 0.3) is 0 Å². The minimum atomic E-state index is -4.66. The summed E-state index contributed by atoms with van der Waals surface area (Å²) in [5.74, 6) is -0.326. The SMILES string of the molecule is CC(=O)NCCC(O)C(O)c1cc(C#N)cc(C(F)(F)F)c1. The van der Waals surface area contributed by atoms with Crippen molar-refractivity contribution >= 4 is 5.91 Å². The average molecular weight is 316 g/mol. The molecule has 0 spiro atoms. The van der Waals surface area contributed by atoms with E-state index in [1.54, 1.807) is 6.07 Å². The van der Waals surface area contributed by atoms with Crippen LogP contribution in [-0.4, -0.2) is 28.8 Å². The number of nitrogens with zero attached hydrogens (tertiary/aromatic N) is 1. The van der Waals surface area contributed by atoms with Crippen molar-refractivity contribution in [2.45, 2.75) is 31.7 Å². The maximum Gasteiger partial charge on any atom is 0.416 e. The van der Waals surface area contributed by atoms with Gasteiger partial charge in [0.15, 0.2) is 0 Å². The predicted octanol–water partition coefficient (Wildman–Crippen LogP) is 1.50. The number of carbonyl (C=O) groups excluding carboxylic acids is 1. The Balaban J connectivity index is 2.95. The fraction of sp³-hybridized carbons (Fsp3) is 0.429. The van der Waals surface area contributed by atoms with Crippen molar-refractivity contribution in [2.24, 2.45) is 0 Å². The molecule has 0 aliphatic heterocycles. The summed E-state index contributed by atoms with van der Waals surface area (Å²) in [6, 6.07) is 4.02. The number of halogens is 3. The Bertz CT molecular complexity index is 582. The zero-order chi connectivity index (χ0) is 16.9. The van der Waals surface area contributed by atoms with Crippen LogP contribution in [0.25, 0.3) is 0 Å². The van der Waals surface area contributed by atoms with E-state index in [-0.39, 0.29) is 30.0 Å². The second kappa shape index (κ2) is 7.24. The molecule has 0 radical (unpaired) electrons. The molecule has 8 heteroatoms. The molecule has 1 amide bonds. The summed E-state index contributed by atoms with van der Waals surface area (Å²) < 4.78 is 38.2. The predicted molar refractivity (Wildman–Crippen MR) is 70.4 cm³/mol. The van der Waals surface area contributed by atoms with Crippen LogP contribution >= 0.6 is 0 Å². The van der Waals surface area contributed by atoms with E-state index in [1.807, 2.05) is 0 Å². The first-order valence-electron chi connectivity index (χ1n) is 6.38. The summed E-state index contributed by atoms with van der Waals surface area (Å²) in [6.07, 6.45) is -7.67. The van der Waals surface area contributed by atoms with Gasteiger partial charge in [-0.3, -0.25) is 4.79 Å². The smallest absolute Gasteiger partial charge is 0.390 e. The van der Waals surface area contributed by atoms with Crippen LogP contribution in [0.1, 0.15) is 36.1 Å². The highest BCUT2D eigenvalue weighted by atomic mass is 19.4. The fourth-order valence-corrected chi connectivity index (χ4v) is 1.83. The normalized spacial score (nSPS) is 14.0. The van der Waals surface area contributed by atoms with E-state index in [1.165, 1.54) is 6.92 Å². The number of nitrogens with one attached hydrogen (secondary N) is 1. The van der Waals surface area contributed by atoms with Crippen LogP contribution < -0.4 is 5.32 Å². The van der Waals surface area contributed by atoms with Gasteiger partial charge in [-0.05, 0) is 30.2 Å². The minimum Gasteiger partial charge on any atom is -0.390 e. The molecule has 1 aromatic rings. The zero-order valence-electron chi connectivity index (χ0n) is 11.7. The molecular weight excluding hydrogens is 301 g/mol. The van der Waals surface area contributed by atoms with Gasteiger partial charge in [0.2, 0.25) is 5.91 Å². The number of hydrogen-bond donors (Lipinski definition) is 3. The van der Waals surface area contributed by atoms with Crippen LogP contribution in [-0.2, 0) is 11.0 Å². The molecule has 1 aromatic carbocycles. The van der Waals surface area contributed by atoms with E-state index >= 15 is 0 Å². The molecule has 2 unspecified atom stereocenters. The third-order valence-electron chi connectivity index (χ3n) is 2.93. The minimum absolute atomic E-state index is 0.0428. The van der Waals surface area contributed by atoms with Gasteiger partial charge in [-0.1, -0.05) is 0 Å². The third kappa shape index (κ3) is 5.02. The molecule has 0 aromatic heterocycles. The second-order valence-corrected chi connectivity index (χ2v) is 4.74. The first-order valence-corrected chi connectivity index (χ1v) is 6.38. The quantitative estimate of drug-likeness (QED) is 0.767. The molecule has 5 nitrogen and oxygen atoms in total. The largest absolute Gasteiger partial charge is 0.416 e. The monoisotopic (exact) mass is 316 g/mol. The van der Waals surface area contributed by atoms with E-state index in [4.69, 9.17) is 5.26 Å². The number of carbonyl (C=O) groups is 1. The standard InChI is InChI=1S/C14H15F3N2O3/c1-8(20)19-3-2-12(21)13(22)10-4-9(7-18)5-11(6-10)14(15,16)17/h4-6,12-13,21-22H,2-3H2,1H3,(H,19,20). The van der Waals surface area contributed by atoms with Crippen molar-refractivity contribution in [1.82, 2.24) is 5.32 Å². The Hall–Kier alpha value is -2.11. The maximum atomic E-state index is 12.7. The van der Waals surface area contributed by atoms with Crippen LogP contribution in [0.4, 0.5) is 13.2 Å². The average Bonchev–Trinajstić information content (AvgIpc) is 2.44. The van der Waals surface area contributed by atoms with Crippen molar-refractivity contribution in [3.05, 3.63) is 34.9 Å². The third-order valence-corrected chi connectivity index (χ3v) is 2.93. The summed E-state index contributed by atoms with van der Waals surface area (Å²) in [5, 5.41) is 30.9. The van der Waals surface area contributed by atoms with Gasteiger partial charge >= 0.3 is 6.18 Å². The summed E-state index contributed by atoms with van der Waals surface area (Å²) in [6.45, 7) is 1.34. The number of hydrogen-bond acceptors (Lipinski definition) is 4. The summed E-state index contributed by atoms with van der Waals surface area (Å²) in [4.78, 5) is 10.7. The molecule has 0 heterocycles. The Morgan fingerprint density at radius 1 is 1.36 bits per heavy atom. The lowest BCUT2D eigenvalue weighted by Crippen LogP contribution is -2.27. The van der Waals surface area contributed by atoms with Gasteiger partial charge in [0.1, 0.15) is 6.10 Å². The first-order chi connectivity index (χ1) is 10.1. The van der Waals surface area contributed by atoms with E-state index in [0.717, 1.165) is 6.07 Å². The number of aliphatic hydroxyl groups is 2. The van der Waals surface area contributed by atoms with Crippen molar-refractivity contribution in [2.75, 3.05) is 6.54 Å². The molecule has 0 saturated heterocycles. The van der Waals surface area contributed by atoms with Crippen molar-refractivity contribution in [1.29, 1.82) is 5.26 Å². The van der Waals surface area contributed by atoms with Gasteiger partial charge in [-0.25, -0.2) is 0 Å². The van der Waals surface area contributed by atoms with Gasteiger partial charge in [0.05, 0.1) is 23.3 Å². The van der Waals surface area contributed by atoms with Gasteiger partial charge in [-0.2, -0.15) is 18.4 Å². The van der Waals surface area contributed by atoms with E-state index < -0.39 is 23.9 Å². The molecule has 0 saturated carbocycles. The number of aliphatic hydroxyl groups excluding tert-OH is 2. The van der Waals surface area contributed by atoms with Crippen LogP contribution in [0.5, 0.6) is 0 Å². The molecule has 0 bridgehead atoms. The molecule has 0 aliphatic carbocycles.